The van der Waals surface area contributed by atoms with Gasteiger partial charge in [-0.25, -0.2) is 0 Å². The van der Waals surface area contributed by atoms with Crippen molar-refractivity contribution in [3.05, 3.63) is 48.0 Å². The Kier molecular flexibility index (Phi) is 8.50. The molecule has 30 heavy (non-hydrogen) atoms. The molecule has 3 rings (SSSR count). The van der Waals surface area contributed by atoms with Gasteiger partial charge in [0.1, 0.15) is 18.6 Å². The van der Waals surface area contributed by atoms with E-state index >= 15 is 0 Å². The lowest BCUT2D eigenvalue weighted by molar-refractivity contribution is -0.157. The normalized spacial score (nSPS) is 24.7. The molecule has 0 amide bonds. The summed E-state index contributed by atoms with van der Waals surface area (Å²) in [5, 5.41) is 0. The fourth-order valence-electron chi connectivity index (χ4n) is 4.54. The number of ether oxygens (including phenoxy) is 2. The summed E-state index contributed by atoms with van der Waals surface area (Å²) in [5.41, 5.74) is 0.824. The van der Waals surface area contributed by atoms with Crippen molar-refractivity contribution in [2.75, 3.05) is 13.7 Å². The molecule has 0 N–H and O–H groups in total. The predicted octanol–water partition coefficient (Wildman–Crippen LogP) is 4.62. The van der Waals surface area contributed by atoms with E-state index in [0.717, 1.165) is 37.7 Å². The average Bonchev–Trinajstić information content (AvgIpc) is 2.95. The van der Waals surface area contributed by atoms with Crippen molar-refractivity contribution >= 4 is 11.9 Å². The predicted molar refractivity (Wildman–Crippen MR) is 117 cm³/mol. The minimum atomic E-state index is -0.587. The number of unbranched alkanes of at least 4 members (excludes halogenated alkanes) is 2. The highest BCUT2D eigenvalue weighted by atomic mass is 16.6. The molecule has 5 heteroatoms. The van der Waals surface area contributed by atoms with Crippen molar-refractivity contribution < 1.29 is 19.1 Å². The van der Waals surface area contributed by atoms with Gasteiger partial charge in [-0.1, -0.05) is 62.2 Å². The van der Waals surface area contributed by atoms with E-state index < -0.39 is 5.92 Å². The summed E-state index contributed by atoms with van der Waals surface area (Å²) in [7, 11) is 2.17. The summed E-state index contributed by atoms with van der Waals surface area (Å²) < 4.78 is 11.4. The topological polar surface area (TPSA) is 55.8 Å². The van der Waals surface area contributed by atoms with Crippen LogP contribution in [-0.2, 0) is 19.1 Å². The van der Waals surface area contributed by atoms with Gasteiger partial charge >= 0.3 is 11.9 Å². The van der Waals surface area contributed by atoms with Gasteiger partial charge in [-0.2, -0.15) is 0 Å². The number of nitrogens with zero attached hydrogens (tertiary/aromatic N) is 1. The second-order valence-corrected chi connectivity index (χ2v) is 8.54. The summed E-state index contributed by atoms with van der Waals surface area (Å²) in [6, 6.07) is 10.5. The zero-order chi connectivity index (χ0) is 21.3. The molecule has 0 radical (unpaired) electrons. The number of fused-ring (bicyclic) bond motifs is 2. The third-order valence-corrected chi connectivity index (χ3v) is 6.41. The van der Waals surface area contributed by atoms with Crippen LogP contribution in [0.5, 0.6) is 0 Å². The van der Waals surface area contributed by atoms with Gasteiger partial charge in [0.05, 0.1) is 6.42 Å². The Labute approximate surface area is 180 Å². The van der Waals surface area contributed by atoms with E-state index in [1.54, 1.807) is 0 Å². The fourth-order valence-corrected chi connectivity index (χ4v) is 4.54. The number of carbonyl (C=O) groups excluding carboxylic acids is 2. The first kappa shape index (κ1) is 22.5. The monoisotopic (exact) mass is 413 g/mol. The van der Waals surface area contributed by atoms with Crippen LogP contribution in [0, 0.1) is 0 Å². The highest BCUT2D eigenvalue weighted by Gasteiger charge is 2.40. The molecule has 2 saturated heterocycles. The van der Waals surface area contributed by atoms with Crippen LogP contribution in [0.1, 0.15) is 69.8 Å². The molecule has 164 valence electrons. The quantitative estimate of drug-likeness (QED) is 0.318. The molecule has 0 spiro atoms. The Bertz CT molecular complexity index is 703. The van der Waals surface area contributed by atoms with E-state index in [4.69, 9.17) is 9.47 Å². The number of carbonyl (C=O) groups is 2. The highest BCUT2D eigenvalue weighted by Crippen LogP contribution is 2.36. The van der Waals surface area contributed by atoms with Gasteiger partial charge in [0.2, 0.25) is 0 Å². The van der Waals surface area contributed by atoms with Crippen molar-refractivity contribution in [2.24, 2.45) is 0 Å². The van der Waals surface area contributed by atoms with E-state index in [1.165, 1.54) is 12.8 Å². The fraction of sp³-hybridized carbons (Fsp3) is 0.600. The Hall–Kier alpha value is -2.14. The van der Waals surface area contributed by atoms with Crippen molar-refractivity contribution in [1.29, 1.82) is 0 Å². The van der Waals surface area contributed by atoms with Crippen LogP contribution in [0.15, 0.2) is 42.5 Å². The summed E-state index contributed by atoms with van der Waals surface area (Å²) in [6.07, 6.45) is 11.4. The standard InChI is InChI=1S/C25H35NO4/c1-3-4-5-6-10-13-24(27)29-18-23(19-11-8-7-9-12-19)25(28)30-22-16-20-14-15-21(17-22)26(20)2/h6-12,20-23H,3-5,13-18H2,1-2H3/t20-,21+,22+,23?. The molecule has 0 saturated carbocycles. The summed E-state index contributed by atoms with van der Waals surface area (Å²) in [4.78, 5) is 27.6. The van der Waals surface area contributed by atoms with Gasteiger partial charge in [0.15, 0.2) is 0 Å². The molecule has 2 aliphatic heterocycles. The number of allylic oxidation sites excluding steroid dienone is 1. The van der Waals surface area contributed by atoms with Crippen LogP contribution < -0.4 is 0 Å². The third kappa shape index (κ3) is 6.18. The molecule has 0 aromatic heterocycles. The van der Waals surface area contributed by atoms with E-state index in [0.29, 0.717) is 12.1 Å². The smallest absolute Gasteiger partial charge is 0.317 e. The molecule has 1 unspecified atom stereocenters. The molecule has 1 aromatic carbocycles. The number of rotatable bonds is 10. The number of esters is 2. The van der Waals surface area contributed by atoms with Crippen molar-refractivity contribution in [2.45, 2.75) is 82.4 Å². The summed E-state index contributed by atoms with van der Waals surface area (Å²) in [6.45, 7) is 2.16. The van der Waals surface area contributed by atoms with E-state index in [2.05, 4.69) is 18.9 Å². The lowest BCUT2D eigenvalue weighted by Crippen LogP contribution is -2.44. The second-order valence-electron chi connectivity index (χ2n) is 8.54. The largest absolute Gasteiger partial charge is 0.464 e. The van der Waals surface area contributed by atoms with Gasteiger partial charge < -0.3 is 14.4 Å². The van der Waals surface area contributed by atoms with Crippen LogP contribution in [0.4, 0.5) is 0 Å². The molecule has 4 atom stereocenters. The van der Waals surface area contributed by atoms with Gasteiger partial charge in [0, 0.05) is 12.1 Å². The maximum absolute atomic E-state index is 13.0. The van der Waals surface area contributed by atoms with Crippen molar-refractivity contribution in [3.8, 4) is 0 Å². The Morgan fingerprint density at radius 3 is 2.50 bits per heavy atom. The third-order valence-electron chi connectivity index (χ3n) is 6.41. The summed E-state index contributed by atoms with van der Waals surface area (Å²) in [5.74, 6) is -1.19. The number of benzene rings is 1. The Morgan fingerprint density at radius 1 is 1.13 bits per heavy atom. The van der Waals surface area contributed by atoms with Gasteiger partial charge in [-0.3, -0.25) is 9.59 Å². The molecule has 2 bridgehead atoms. The zero-order valence-electron chi connectivity index (χ0n) is 18.3. The number of hydrogen-bond donors (Lipinski definition) is 0. The average molecular weight is 414 g/mol. The molecule has 1 aromatic rings. The van der Waals surface area contributed by atoms with Crippen LogP contribution in [0.3, 0.4) is 0 Å². The molecule has 2 fully saturated rings. The lowest BCUT2D eigenvalue weighted by Gasteiger charge is -2.36. The van der Waals surface area contributed by atoms with E-state index in [1.807, 2.05) is 42.5 Å². The molecule has 2 heterocycles. The lowest BCUT2D eigenvalue weighted by atomic mass is 9.98. The minimum absolute atomic E-state index is 0.0178. The van der Waals surface area contributed by atoms with Crippen molar-refractivity contribution in [3.63, 3.8) is 0 Å². The highest BCUT2D eigenvalue weighted by molar-refractivity contribution is 5.79. The first-order valence-electron chi connectivity index (χ1n) is 11.4. The molecular weight excluding hydrogens is 378 g/mol. The van der Waals surface area contributed by atoms with Gasteiger partial charge in [0.25, 0.3) is 0 Å². The minimum Gasteiger partial charge on any atom is -0.464 e. The van der Waals surface area contributed by atoms with Crippen LogP contribution in [0.2, 0.25) is 0 Å². The molecule has 0 aliphatic carbocycles. The maximum atomic E-state index is 13.0. The summed E-state index contributed by atoms with van der Waals surface area (Å²) >= 11 is 0. The first-order chi connectivity index (χ1) is 14.6. The number of hydrogen-bond acceptors (Lipinski definition) is 5. The molecular formula is C25H35NO4. The van der Waals surface area contributed by atoms with Crippen LogP contribution in [0.25, 0.3) is 0 Å². The Balaban J connectivity index is 1.55. The van der Waals surface area contributed by atoms with Gasteiger partial charge in [-0.15, -0.1) is 0 Å². The molecule has 2 aliphatic rings. The Morgan fingerprint density at radius 2 is 1.83 bits per heavy atom. The van der Waals surface area contributed by atoms with E-state index in [9.17, 15) is 9.59 Å². The first-order valence-corrected chi connectivity index (χ1v) is 11.4. The van der Waals surface area contributed by atoms with Crippen LogP contribution in [-0.4, -0.2) is 48.7 Å². The zero-order valence-corrected chi connectivity index (χ0v) is 18.3. The van der Waals surface area contributed by atoms with E-state index in [-0.39, 0.29) is 31.1 Å². The number of piperidine rings is 1. The second kappa shape index (κ2) is 11.3. The SMILES string of the molecule is CCCCC=CCC(=O)OCC(C(=O)O[C@H]1C[C@H]2CC[C@@H](C1)N2C)c1ccccc1. The van der Waals surface area contributed by atoms with Gasteiger partial charge in [-0.05, 0) is 44.7 Å². The maximum Gasteiger partial charge on any atom is 0.317 e. The van der Waals surface area contributed by atoms with Crippen molar-refractivity contribution in [1.82, 2.24) is 4.90 Å². The van der Waals surface area contributed by atoms with Crippen LogP contribution >= 0.6 is 0 Å². The molecule has 5 nitrogen and oxygen atoms in total.